The zero-order chi connectivity index (χ0) is 29.5. The highest BCUT2D eigenvalue weighted by Crippen LogP contribution is 3.02. The van der Waals surface area contributed by atoms with E-state index in [1.807, 2.05) is 6.92 Å². The van der Waals surface area contributed by atoms with Gasteiger partial charge in [0.25, 0.3) is 5.56 Å². The van der Waals surface area contributed by atoms with Crippen molar-refractivity contribution in [1.29, 1.82) is 0 Å². The first-order valence-electron chi connectivity index (χ1n) is 13.8. The molecule has 0 spiro atoms. The summed E-state index contributed by atoms with van der Waals surface area (Å²) in [5.41, 5.74) is 1.85. The summed E-state index contributed by atoms with van der Waals surface area (Å²) in [6.45, 7) is 3.08. The van der Waals surface area contributed by atoms with Crippen LogP contribution < -0.4 is 16.2 Å². The Morgan fingerprint density at radius 3 is 2.44 bits per heavy atom. The summed E-state index contributed by atoms with van der Waals surface area (Å²) >= 11 is 0. The van der Waals surface area contributed by atoms with Gasteiger partial charge in [-0.05, 0) is 93.8 Å². The highest BCUT2D eigenvalue weighted by molar-refractivity contribution is 8.45. The lowest BCUT2D eigenvalue weighted by Gasteiger charge is -2.40. The van der Waals surface area contributed by atoms with E-state index in [0.29, 0.717) is 23.5 Å². The summed E-state index contributed by atoms with van der Waals surface area (Å²) in [6.07, 6.45) is 8.80. The third kappa shape index (κ3) is 6.32. The number of amides is 1. The van der Waals surface area contributed by atoms with Crippen molar-refractivity contribution in [3.8, 4) is 0 Å². The third-order valence-electron chi connectivity index (χ3n) is 7.69. The summed E-state index contributed by atoms with van der Waals surface area (Å²) in [5, 5.41) is 10.4. The maximum Gasteiger partial charge on any atom is 0.310 e. The van der Waals surface area contributed by atoms with Crippen LogP contribution in [0.1, 0.15) is 74.9 Å². The molecule has 2 aliphatic rings. The van der Waals surface area contributed by atoms with Crippen LogP contribution in [0.4, 0.5) is 25.1 Å². The molecule has 0 saturated carbocycles. The van der Waals surface area contributed by atoms with Gasteiger partial charge in [-0.2, -0.15) is 9.50 Å². The standard InChI is InChI=1S/C27H33F5N6O2S/c1-2-22-24(18-13-15-33-16-14-18)26(40)38-27(35-25(36-38)19-7-5-3-4-6-8-19)37(22)17-23(39)34-20-9-11-21(12-10-20)41(28,29,30,31)32/h7,9-12,18,33H,2-6,8,13-17H2,1H3,(H,34,39). The van der Waals surface area contributed by atoms with Crippen LogP contribution in [0.2, 0.25) is 0 Å². The van der Waals surface area contributed by atoms with Gasteiger partial charge in [-0.15, -0.1) is 5.10 Å². The molecule has 8 nitrogen and oxygen atoms in total. The monoisotopic (exact) mass is 600 g/mol. The summed E-state index contributed by atoms with van der Waals surface area (Å²) in [4.78, 5) is 29.7. The smallest absolute Gasteiger partial charge is 0.310 e. The predicted molar refractivity (Wildman–Crippen MR) is 149 cm³/mol. The molecule has 1 aliphatic carbocycles. The lowest BCUT2D eigenvalue weighted by molar-refractivity contribution is -0.116. The third-order valence-corrected chi connectivity index (χ3v) is 8.85. The summed E-state index contributed by atoms with van der Waals surface area (Å²) in [7, 11) is -9.83. The number of hydrogen-bond acceptors (Lipinski definition) is 5. The first-order chi connectivity index (χ1) is 19.2. The van der Waals surface area contributed by atoms with E-state index in [0.717, 1.165) is 75.7 Å². The van der Waals surface area contributed by atoms with E-state index in [-0.39, 0.29) is 41.6 Å². The zero-order valence-corrected chi connectivity index (χ0v) is 23.5. The molecule has 1 aliphatic heterocycles. The molecule has 41 heavy (non-hydrogen) atoms. The number of allylic oxidation sites excluding steroid dienone is 2. The number of rotatable bonds is 7. The molecule has 5 rings (SSSR count). The van der Waals surface area contributed by atoms with E-state index < -0.39 is 21.0 Å². The van der Waals surface area contributed by atoms with Gasteiger partial charge in [0, 0.05) is 16.9 Å². The van der Waals surface area contributed by atoms with Gasteiger partial charge in [-0.1, -0.05) is 38.8 Å². The zero-order valence-electron chi connectivity index (χ0n) is 22.6. The maximum absolute atomic E-state index is 13.8. The fraction of sp³-hybridized carbons (Fsp3) is 0.481. The maximum atomic E-state index is 13.8. The van der Waals surface area contributed by atoms with Crippen LogP contribution >= 0.6 is 10.2 Å². The molecule has 0 radical (unpaired) electrons. The van der Waals surface area contributed by atoms with Crippen LogP contribution in [0.25, 0.3) is 11.4 Å². The molecular formula is C27H33F5N6O2S. The van der Waals surface area contributed by atoms with Gasteiger partial charge in [0.1, 0.15) is 11.4 Å². The number of hydrogen-bond donors (Lipinski definition) is 2. The number of nitrogens with one attached hydrogen (secondary N) is 2. The largest absolute Gasteiger partial charge is 0.325 e. The van der Waals surface area contributed by atoms with E-state index in [4.69, 9.17) is 4.98 Å². The topological polar surface area (TPSA) is 93.3 Å². The van der Waals surface area contributed by atoms with E-state index in [1.54, 1.807) is 4.57 Å². The van der Waals surface area contributed by atoms with Gasteiger partial charge in [-0.25, -0.2) is 0 Å². The molecule has 2 aromatic heterocycles. The Kier molecular flexibility index (Phi) is 7.29. The minimum atomic E-state index is -9.83. The molecule has 1 aromatic carbocycles. The first kappa shape index (κ1) is 29.2. The summed E-state index contributed by atoms with van der Waals surface area (Å²) in [5.74, 6) is -0.00756. The predicted octanol–water partition coefficient (Wildman–Crippen LogP) is 6.56. The molecule has 1 fully saturated rings. The number of aromatic nitrogens is 4. The number of benzene rings is 1. The second-order valence-electron chi connectivity index (χ2n) is 10.6. The molecule has 0 atom stereocenters. The van der Waals surface area contributed by atoms with Gasteiger partial charge < -0.3 is 15.2 Å². The van der Waals surface area contributed by atoms with Gasteiger partial charge in [0.2, 0.25) is 11.7 Å². The second kappa shape index (κ2) is 10.2. The van der Waals surface area contributed by atoms with Gasteiger partial charge in [-0.3, -0.25) is 9.59 Å². The highest BCUT2D eigenvalue weighted by atomic mass is 32.5. The number of piperidine rings is 1. The number of carbonyl (C=O) groups is 1. The second-order valence-corrected chi connectivity index (χ2v) is 13.1. The first-order valence-corrected chi connectivity index (χ1v) is 15.8. The van der Waals surface area contributed by atoms with Crippen molar-refractivity contribution in [2.24, 2.45) is 0 Å². The van der Waals surface area contributed by atoms with Crippen LogP contribution in [0.15, 0.2) is 40.0 Å². The number of fused-ring (bicyclic) bond motifs is 1. The SMILES string of the molecule is CCc1c(C2CCNCC2)c(=O)n2nc(C3=CCCCCC3)nc2n1CC(=O)Nc1ccc(S(F)(F)(F)(F)F)cc1. The molecular weight excluding hydrogens is 567 g/mol. The van der Waals surface area contributed by atoms with Crippen molar-refractivity contribution in [2.45, 2.75) is 75.6 Å². The van der Waals surface area contributed by atoms with E-state index in [2.05, 4.69) is 21.8 Å². The number of nitrogens with zero attached hydrogens (tertiary/aromatic N) is 4. The fourth-order valence-electron chi connectivity index (χ4n) is 5.68. The number of anilines is 1. The lowest BCUT2D eigenvalue weighted by Crippen LogP contribution is -2.35. The van der Waals surface area contributed by atoms with Crippen LogP contribution in [-0.2, 0) is 17.8 Å². The Morgan fingerprint density at radius 2 is 1.78 bits per heavy atom. The van der Waals surface area contributed by atoms with Crippen LogP contribution in [0.5, 0.6) is 0 Å². The quantitative estimate of drug-likeness (QED) is 0.300. The van der Waals surface area contributed by atoms with Crippen molar-refractivity contribution in [1.82, 2.24) is 24.5 Å². The lowest BCUT2D eigenvalue weighted by atomic mass is 9.89. The van der Waals surface area contributed by atoms with Gasteiger partial charge >= 0.3 is 10.2 Å². The van der Waals surface area contributed by atoms with E-state index in [1.165, 1.54) is 4.52 Å². The average molecular weight is 601 g/mol. The number of halogens is 5. The normalized spacial score (nSPS) is 18.8. The summed E-state index contributed by atoms with van der Waals surface area (Å²) < 4.78 is 68.4. The summed E-state index contributed by atoms with van der Waals surface area (Å²) in [6, 6.07) is 2.10. The molecule has 2 N–H and O–H groups in total. The van der Waals surface area contributed by atoms with E-state index in [9.17, 15) is 29.0 Å². The Bertz CT molecular complexity index is 1560. The molecule has 14 heteroatoms. The molecule has 1 saturated heterocycles. The van der Waals surface area contributed by atoms with E-state index >= 15 is 0 Å². The fourth-order valence-corrected chi connectivity index (χ4v) is 6.33. The minimum absolute atomic E-state index is 0.0401. The molecule has 1 amide bonds. The average Bonchev–Trinajstić information content (AvgIpc) is 3.18. The van der Waals surface area contributed by atoms with Crippen LogP contribution in [0, 0.1) is 0 Å². The van der Waals surface area contributed by atoms with Gasteiger partial charge in [0.05, 0.1) is 0 Å². The Balaban J connectivity index is 1.54. The molecule has 3 heterocycles. The molecule has 3 aromatic rings. The highest BCUT2D eigenvalue weighted by Gasteiger charge is 2.65. The van der Waals surface area contributed by atoms with Crippen molar-refractivity contribution < 1.29 is 24.2 Å². The molecule has 0 bridgehead atoms. The Morgan fingerprint density at radius 1 is 1.07 bits per heavy atom. The van der Waals surface area contributed by atoms with Crippen molar-refractivity contribution >= 4 is 33.2 Å². The minimum Gasteiger partial charge on any atom is -0.325 e. The van der Waals surface area contributed by atoms with Crippen LogP contribution in [-0.4, -0.2) is 38.2 Å². The molecule has 0 unspecified atom stereocenters. The Labute approximate surface area is 233 Å². The number of carbonyl (C=O) groups excluding carboxylic acids is 1. The van der Waals surface area contributed by atoms with Crippen molar-refractivity contribution in [3.63, 3.8) is 0 Å². The van der Waals surface area contributed by atoms with Crippen molar-refractivity contribution in [3.05, 3.63) is 57.8 Å². The Hall–Kier alpha value is -3.26. The van der Waals surface area contributed by atoms with Crippen LogP contribution in [0.3, 0.4) is 0 Å². The van der Waals surface area contributed by atoms with Gasteiger partial charge in [0.15, 0.2) is 5.82 Å². The molecule has 224 valence electrons. The van der Waals surface area contributed by atoms with Crippen molar-refractivity contribution in [2.75, 3.05) is 18.4 Å².